The lowest BCUT2D eigenvalue weighted by Gasteiger charge is -2.34. The molecule has 91 heavy (non-hydrogen) atoms. The average Bonchev–Trinajstić information content (AvgIpc) is 1.80. The van der Waals surface area contributed by atoms with Crippen LogP contribution in [-0.4, -0.2) is 142 Å². The summed E-state index contributed by atoms with van der Waals surface area (Å²) in [5, 5.41) is 76.1. The number of nitrogens with one attached hydrogen (secondary N) is 4. The first-order valence-electron chi connectivity index (χ1n) is 34.9. The summed E-state index contributed by atoms with van der Waals surface area (Å²) in [6, 6.07) is -0.316. The molecule has 0 atom stereocenters. The Morgan fingerprint density at radius 1 is 0.473 bits per heavy atom. The van der Waals surface area contributed by atoms with Gasteiger partial charge in [-0.15, -0.1) is 0 Å². The molecule has 7 amide bonds. The van der Waals surface area contributed by atoms with Crippen LogP contribution in [0.4, 0.5) is 9.59 Å². The standard InChI is InChI=1S/C9H14N2O2.C9H16N2O.C9H17NO2.C9H15NO.C9H16O3.C8H16N2O.C8H17NO.C8H16O2/c1-6-2-4-9(5-3-6)7(12)10-8(13)11-9;1-7-2-4-9(5-3-7)6-10-8(12)11-9;1-7-2-4-9(12,5-3-7)6-8(10)11;1-8-3-5-9(11,6-4-8)7-10-2;1-7-2-4-9(12,5-3-7)6-8(10)11;1-6-2-4-8(10,5-3-6)7(9)11;1-7-2-4-8(9,6-10)5-3-7;1-7-2-4-8(10,6-9)5-3-7/h6H,2-5H2,1H3,(H2,10,11,12,13);7H,2-6H2,1H3,(H2,10,11,12);7,12H,2-6H2,1H3,(H2,10,11);8,11H,3-7H2,1H3;7,12H,2-6H2,1H3,(H,10,11);6H,2-5,10H2,1H3,(H2,9,11);7,10H,2-6,9H2,1H3;7,9-10H,2-6H2,1H3. The zero-order chi connectivity index (χ0) is 68.5. The maximum atomic E-state index is 11.5. The third-order valence-corrected chi connectivity index (χ3v) is 22.1. The maximum absolute atomic E-state index is 11.5. The number of rotatable bonds is 8. The van der Waals surface area contributed by atoms with E-state index in [1.807, 2.05) is 0 Å². The number of carbonyl (C=O) groups is 6. The van der Waals surface area contributed by atoms with Crippen LogP contribution in [0.1, 0.15) is 274 Å². The smallest absolute Gasteiger partial charge is 0.322 e. The van der Waals surface area contributed by atoms with Gasteiger partial charge in [0.15, 0.2) is 0 Å². The molecule has 8 aliphatic carbocycles. The van der Waals surface area contributed by atoms with Gasteiger partial charge >= 0.3 is 18.0 Å². The van der Waals surface area contributed by atoms with Crippen molar-refractivity contribution in [1.29, 1.82) is 0 Å². The summed E-state index contributed by atoms with van der Waals surface area (Å²) in [6.07, 6.45) is 30.4. The molecule has 22 heteroatoms. The second-order valence-electron chi connectivity index (χ2n) is 31.2. The molecule has 2 spiro atoms. The predicted octanol–water partition coefficient (Wildman–Crippen LogP) is 8.26. The summed E-state index contributed by atoms with van der Waals surface area (Å²) in [4.78, 5) is 68.6. The van der Waals surface area contributed by atoms with Crippen molar-refractivity contribution in [2.24, 2.45) is 70.3 Å². The number of urea groups is 2. The highest BCUT2D eigenvalue weighted by atomic mass is 16.4. The minimum absolute atomic E-state index is 0.0181. The van der Waals surface area contributed by atoms with Crippen molar-refractivity contribution in [3.8, 4) is 0 Å². The van der Waals surface area contributed by atoms with E-state index in [1.165, 1.54) is 25.7 Å². The number of carboxylic acid groups (broad SMARTS) is 1. The fourth-order valence-corrected chi connectivity index (χ4v) is 14.0. The Bertz CT molecular complexity index is 2190. The van der Waals surface area contributed by atoms with E-state index in [2.05, 4.69) is 81.5 Å². The molecule has 2 aliphatic heterocycles. The Morgan fingerprint density at radius 3 is 1.12 bits per heavy atom. The maximum Gasteiger partial charge on any atom is 0.322 e. The molecule has 0 aromatic heterocycles. The van der Waals surface area contributed by atoms with Crippen molar-refractivity contribution in [2.45, 2.75) is 318 Å². The predicted molar refractivity (Wildman–Crippen MR) is 354 cm³/mol. The van der Waals surface area contributed by atoms with E-state index in [0.717, 1.165) is 197 Å². The number of carbonyl (C=O) groups excluding carboxylic acids is 5. The van der Waals surface area contributed by atoms with E-state index >= 15 is 0 Å². The molecule has 22 nitrogen and oxygen atoms in total. The number of hydrogen-bond acceptors (Lipinski definition) is 14. The van der Waals surface area contributed by atoms with Gasteiger partial charge in [-0.2, -0.15) is 0 Å². The first-order chi connectivity index (χ1) is 42.4. The summed E-state index contributed by atoms with van der Waals surface area (Å²) in [7, 11) is 0. The third kappa shape index (κ3) is 29.1. The van der Waals surface area contributed by atoms with Crippen LogP contribution in [0.2, 0.25) is 0 Å². The van der Waals surface area contributed by atoms with Crippen LogP contribution in [0.3, 0.4) is 0 Å². The minimum atomic E-state index is -0.918. The van der Waals surface area contributed by atoms with E-state index < -0.39 is 45.4 Å². The third-order valence-electron chi connectivity index (χ3n) is 22.1. The van der Waals surface area contributed by atoms with Gasteiger partial charge in [0.1, 0.15) is 11.1 Å². The number of carboxylic acids is 1. The Kier molecular flexibility index (Phi) is 33.1. The van der Waals surface area contributed by atoms with Gasteiger partial charge in [-0.3, -0.25) is 24.5 Å². The lowest BCUT2D eigenvalue weighted by atomic mass is 9.77. The van der Waals surface area contributed by atoms with Crippen LogP contribution in [0.25, 0.3) is 4.85 Å². The van der Waals surface area contributed by atoms with E-state index in [0.29, 0.717) is 43.1 Å². The normalized spacial score (nSPS) is 39.0. The Balaban J connectivity index is 0.000000272. The number of nitrogens with zero attached hydrogens (tertiary/aromatic N) is 1. The van der Waals surface area contributed by atoms with E-state index in [9.17, 15) is 49.2 Å². The molecule has 8 saturated carbocycles. The number of amides is 7. The minimum Gasteiger partial charge on any atom is -0.481 e. The highest BCUT2D eigenvalue weighted by molar-refractivity contribution is 6.07. The number of primary amides is 2. The van der Waals surface area contributed by atoms with Crippen molar-refractivity contribution in [3.05, 3.63) is 11.4 Å². The first kappa shape index (κ1) is 81.0. The monoisotopic (exact) mass is 1290 g/mol. The molecule has 10 fully saturated rings. The number of aliphatic hydroxyl groups is 6. The van der Waals surface area contributed by atoms with E-state index in [4.69, 9.17) is 44.8 Å². The van der Waals surface area contributed by atoms with Crippen molar-refractivity contribution < 1.29 is 64.5 Å². The number of aliphatic hydroxyl groups excluding tert-OH is 2. The highest BCUT2D eigenvalue weighted by Crippen LogP contribution is 2.38. The van der Waals surface area contributed by atoms with Crippen LogP contribution in [0, 0.1) is 53.9 Å². The van der Waals surface area contributed by atoms with Crippen molar-refractivity contribution >= 4 is 35.8 Å². The molecular formula is C69H127N9O13. The molecule has 0 aromatic carbocycles. The van der Waals surface area contributed by atoms with Gasteiger partial charge in [-0.1, -0.05) is 55.4 Å². The lowest BCUT2D eigenvalue weighted by molar-refractivity contribution is -0.144. The number of hydrogen-bond donors (Lipinski definition) is 15. The topological polar surface area (TPSA) is 401 Å². The van der Waals surface area contributed by atoms with Gasteiger partial charge in [0.05, 0.1) is 53.9 Å². The Morgan fingerprint density at radius 2 is 0.813 bits per heavy atom. The largest absolute Gasteiger partial charge is 0.481 e. The fraction of sp³-hybridized carbons (Fsp3) is 0.899. The van der Waals surface area contributed by atoms with Gasteiger partial charge in [0.2, 0.25) is 18.4 Å². The average molecular weight is 1290 g/mol. The molecule has 0 radical (unpaired) electrons. The second kappa shape index (κ2) is 37.2. The number of aliphatic carboxylic acids is 1. The Hall–Kier alpha value is -4.21. The SMILES string of the molecule is CC1CCC(N)(C(N)=O)CC1.CC1CCC(N)(CO)CC1.CC1CCC(O)(CC(=O)O)CC1.CC1CCC(O)(CC(N)=O)CC1.CC1CCC(O)(CO)CC1.CC1CCC2(CC1)CNC(=O)N2.CC1CCC2(CC1)NC(=O)NC2=O.[C-]#[N+]CC1(O)CCC(C)CC1. The first-order valence-corrected chi connectivity index (χ1v) is 34.9. The molecule has 10 aliphatic rings. The van der Waals surface area contributed by atoms with Crippen LogP contribution in [-0.2, 0) is 19.2 Å². The van der Waals surface area contributed by atoms with Gasteiger partial charge in [0.25, 0.3) is 5.91 Å². The van der Waals surface area contributed by atoms with Crippen molar-refractivity contribution in [1.82, 2.24) is 21.3 Å². The van der Waals surface area contributed by atoms with Crippen LogP contribution < -0.4 is 44.2 Å². The summed E-state index contributed by atoms with van der Waals surface area (Å²) in [5.41, 5.74) is 17.4. The number of imide groups is 1. The molecule has 0 aromatic rings. The summed E-state index contributed by atoms with van der Waals surface area (Å²) in [6.45, 7) is 25.5. The van der Waals surface area contributed by atoms with Gasteiger partial charge in [-0.05, 0) is 253 Å². The van der Waals surface area contributed by atoms with E-state index in [-0.39, 0.29) is 61.0 Å². The van der Waals surface area contributed by atoms with Crippen molar-refractivity contribution in [2.75, 3.05) is 26.3 Å². The van der Waals surface area contributed by atoms with Crippen LogP contribution in [0.15, 0.2) is 0 Å². The summed E-state index contributed by atoms with van der Waals surface area (Å²) in [5.74, 6) is 4.04. The molecule has 10 rings (SSSR count). The zero-order valence-electron chi connectivity index (χ0n) is 57.3. The molecular weight excluding hydrogens is 1160 g/mol. The fourth-order valence-electron chi connectivity index (χ4n) is 14.0. The van der Waals surface area contributed by atoms with Crippen molar-refractivity contribution in [3.63, 3.8) is 0 Å². The molecule has 2 saturated heterocycles. The number of nitrogens with two attached hydrogens (primary N) is 4. The van der Waals surface area contributed by atoms with Crippen LogP contribution in [0.5, 0.6) is 0 Å². The molecule has 19 N–H and O–H groups in total. The van der Waals surface area contributed by atoms with Gasteiger partial charge < -0.3 is 79.5 Å². The molecule has 526 valence electrons. The molecule has 0 unspecified atom stereocenters. The Labute approximate surface area is 545 Å². The highest BCUT2D eigenvalue weighted by Gasteiger charge is 2.48. The van der Waals surface area contributed by atoms with E-state index in [1.54, 1.807) is 0 Å². The second-order valence-corrected chi connectivity index (χ2v) is 31.2. The summed E-state index contributed by atoms with van der Waals surface area (Å²) >= 11 is 0. The van der Waals surface area contributed by atoms with Gasteiger partial charge in [-0.25, -0.2) is 16.2 Å². The quantitative estimate of drug-likeness (QED) is 0.0803. The zero-order valence-corrected chi connectivity index (χ0v) is 57.3. The summed E-state index contributed by atoms with van der Waals surface area (Å²) < 4.78 is 0. The molecule has 0 bridgehead atoms. The molecule has 2 heterocycles. The lowest BCUT2D eigenvalue weighted by Crippen LogP contribution is -2.53. The van der Waals surface area contributed by atoms with Crippen LogP contribution >= 0.6 is 0 Å². The van der Waals surface area contributed by atoms with Gasteiger partial charge in [0, 0.05) is 12.1 Å².